The highest BCUT2D eigenvalue weighted by molar-refractivity contribution is 6.30. The van der Waals surface area contributed by atoms with Crippen LogP contribution in [0.2, 0.25) is 5.02 Å². The SMILES string of the molecule is Cc1ccc(NC(c2cccc(Cl)c2)c2cc(-c3ccc(CN4CC(C(=O)O)C4)cc3)no2)cc1C. The van der Waals surface area contributed by atoms with Gasteiger partial charge in [-0.25, -0.2) is 0 Å². The Balaban J connectivity index is 1.35. The quantitative estimate of drug-likeness (QED) is 0.294. The van der Waals surface area contributed by atoms with Gasteiger partial charge in [0.15, 0.2) is 5.76 Å². The van der Waals surface area contributed by atoms with Gasteiger partial charge >= 0.3 is 5.97 Å². The Hall–Kier alpha value is -3.61. The Bertz CT molecular complexity index is 1380. The predicted octanol–water partition coefficient (Wildman–Crippen LogP) is 6.33. The van der Waals surface area contributed by atoms with Crippen LogP contribution >= 0.6 is 11.6 Å². The molecule has 1 aromatic heterocycles. The van der Waals surface area contributed by atoms with Crippen LogP contribution in [0.15, 0.2) is 77.3 Å². The largest absolute Gasteiger partial charge is 0.481 e. The molecule has 7 heteroatoms. The summed E-state index contributed by atoms with van der Waals surface area (Å²) in [7, 11) is 0. The van der Waals surface area contributed by atoms with Crippen LogP contribution in [0.1, 0.15) is 34.1 Å². The number of nitrogens with zero attached hydrogens (tertiary/aromatic N) is 2. The lowest BCUT2D eigenvalue weighted by molar-refractivity contribution is -0.147. The van der Waals surface area contributed by atoms with E-state index in [1.807, 2.05) is 42.5 Å². The predicted molar refractivity (Wildman–Crippen MR) is 141 cm³/mol. The maximum Gasteiger partial charge on any atom is 0.309 e. The number of nitrogens with one attached hydrogen (secondary N) is 1. The summed E-state index contributed by atoms with van der Waals surface area (Å²) in [6, 6.07) is 23.9. The number of carboxylic acid groups (broad SMARTS) is 1. The highest BCUT2D eigenvalue weighted by Gasteiger charge is 2.32. The second kappa shape index (κ2) is 10.2. The first-order chi connectivity index (χ1) is 17.4. The van der Waals surface area contributed by atoms with Crippen molar-refractivity contribution in [2.24, 2.45) is 5.92 Å². The molecular weight excluding hydrogens is 474 g/mol. The van der Waals surface area contributed by atoms with E-state index >= 15 is 0 Å². The van der Waals surface area contributed by atoms with Crippen LogP contribution in [0.3, 0.4) is 0 Å². The fourth-order valence-electron chi connectivity index (χ4n) is 4.46. The summed E-state index contributed by atoms with van der Waals surface area (Å²) in [5, 5.41) is 17.7. The zero-order valence-electron chi connectivity index (χ0n) is 20.2. The summed E-state index contributed by atoms with van der Waals surface area (Å²) < 4.78 is 5.84. The Morgan fingerprint density at radius 2 is 1.86 bits per heavy atom. The second-order valence-electron chi connectivity index (χ2n) is 9.47. The van der Waals surface area contributed by atoms with Gasteiger partial charge in [0.05, 0.1) is 5.92 Å². The molecule has 6 nitrogen and oxygen atoms in total. The number of halogens is 1. The topological polar surface area (TPSA) is 78.6 Å². The maximum absolute atomic E-state index is 11.0. The molecule has 36 heavy (non-hydrogen) atoms. The smallest absolute Gasteiger partial charge is 0.309 e. The van der Waals surface area contributed by atoms with Crippen molar-refractivity contribution in [2.45, 2.75) is 26.4 Å². The molecule has 0 aliphatic carbocycles. The van der Waals surface area contributed by atoms with Gasteiger partial charge in [0.25, 0.3) is 0 Å². The van der Waals surface area contributed by atoms with Gasteiger partial charge in [0.2, 0.25) is 0 Å². The molecule has 1 aliphatic rings. The highest BCUT2D eigenvalue weighted by atomic mass is 35.5. The number of aromatic nitrogens is 1. The molecule has 0 spiro atoms. The second-order valence-corrected chi connectivity index (χ2v) is 9.91. The van der Waals surface area contributed by atoms with Crippen LogP contribution in [0, 0.1) is 19.8 Å². The zero-order chi connectivity index (χ0) is 25.2. The minimum Gasteiger partial charge on any atom is -0.481 e. The summed E-state index contributed by atoms with van der Waals surface area (Å²) in [4.78, 5) is 13.2. The lowest BCUT2D eigenvalue weighted by Gasteiger charge is -2.36. The highest BCUT2D eigenvalue weighted by Crippen LogP contribution is 2.32. The lowest BCUT2D eigenvalue weighted by atomic mass is 9.99. The molecule has 1 fully saturated rings. The molecule has 1 aliphatic heterocycles. The first-order valence-corrected chi connectivity index (χ1v) is 12.3. The first kappa shape index (κ1) is 24.1. The number of carbonyl (C=O) groups is 1. The Morgan fingerprint density at radius 1 is 1.08 bits per heavy atom. The summed E-state index contributed by atoms with van der Waals surface area (Å²) in [6.07, 6.45) is 0. The van der Waals surface area contributed by atoms with E-state index < -0.39 is 5.97 Å². The summed E-state index contributed by atoms with van der Waals surface area (Å²) in [5.41, 5.74) is 7.26. The fraction of sp³-hybridized carbons (Fsp3) is 0.241. The molecule has 5 rings (SSSR count). The van der Waals surface area contributed by atoms with E-state index in [9.17, 15) is 4.79 Å². The standard InChI is InChI=1S/C29H28ClN3O3/c1-18-6-11-25(12-19(18)2)31-28(22-4-3-5-24(30)13-22)27-14-26(32-36-27)21-9-7-20(8-10-21)15-33-16-23(17-33)29(34)35/h3-14,23,28,31H,15-17H2,1-2H3,(H,34,35). The van der Waals surface area contributed by atoms with Crippen molar-refractivity contribution in [3.05, 3.63) is 106 Å². The van der Waals surface area contributed by atoms with Crippen LogP contribution < -0.4 is 5.32 Å². The van der Waals surface area contributed by atoms with Gasteiger partial charge in [0, 0.05) is 42.0 Å². The Kier molecular flexibility index (Phi) is 6.81. The van der Waals surface area contributed by atoms with Crippen molar-refractivity contribution >= 4 is 23.3 Å². The normalized spacial score (nSPS) is 14.9. The van der Waals surface area contributed by atoms with E-state index in [-0.39, 0.29) is 12.0 Å². The van der Waals surface area contributed by atoms with Gasteiger partial charge in [-0.3, -0.25) is 9.69 Å². The van der Waals surface area contributed by atoms with Crippen molar-refractivity contribution in [1.82, 2.24) is 10.1 Å². The van der Waals surface area contributed by atoms with Gasteiger partial charge in [-0.05, 0) is 60.4 Å². The number of aryl methyl sites for hydroxylation is 2. The molecule has 0 bridgehead atoms. The number of aliphatic carboxylic acids is 1. The molecule has 3 aromatic carbocycles. The van der Waals surface area contributed by atoms with Crippen LogP contribution in [0.25, 0.3) is 11.3 Å². The molecular formula is C29H28ClN3O3. The molecule has 0 radical (unpaired) electrons. The summed E-state index contributed by atoms with van der Waals surface area (Å²) in [6.45, 7) is 6.13. The van der Waals surface area contributed by atoms with Crippen molar-refractivity contribution in [3.8, 4) is 11.3 Å². The molecule has 1 atom stereocenters. The van der Waals surface area contributed by atoms with Crippen LogP contribution in [-0.4, -0.2) is 34.2 Å². The van der Waals surface area contributed by atoms with Gasteiger partial charge in [-0.15, -0.1) is 0 Å². The number of anilines is 1. The molecule has 4 aromatic rings. The van der Waals surface area contributed by atoms with Crippen LogP contribution in [-0.2, 0) is 11.3 Å². The van der Waals surface area contributed by atoms with Crippen LogP contribution in [0.4, 0.5) is 5.69 Å². The average Bonchev–Trinajstić information content (AvgIpc) is 3.32. The van der Waals surface area contributed by atoms with Crippen molar-refractivity contribution in [3.63, 3.8) is 0 Å². The van der Waals surface area contributed by atoms with Crippen LogP contribution in [0.5, 0.6) is 0 Å². The van der Waals surface area contributed by atoms with Crippen molar-refractivity contribution < 1.29 is 14.4 Å². The van der Waals surface area contributed by atoms with Gasteiger partial charge in [-0.2, -0.15) is 0 Å². The molecule has 2 heterocycles. The fourth-order valence-corrected chi connectivity index (χ4v) is 4.66. The third-order valence-corrected chi connectivity index (χ3v) is 7.01. The molecule has 0 amide bonds. The Morgan fingerprint density at radius 3 is 2.56 bits per heavy atom. The molecule has 1 unspecified atom stereocenters. The third kappa shape index (κ3) is 5.30. The lowest BCUT2D eigenvalue weighted by Crippen LogP contribution is -2.49. The first-order valence-electron chi connectivity index (χ1n) is 12.0. The molecule has 184 valence electrons. The average molecular weight is 502 g/mol. The number of benzene rings is 3. The summed E-state index contributed by atoms with van der Waals surface area (Å²) >= 11 is 6.31. The van der Waals surface area contributed by atoms with E-state index in [1.54, 1.807) is 0 Å². The molecule has 0 saturated carbocycles. The van der Waals surface area contributed by atoms with E-state index in [0.29, 0.717) is 23.9 Å². The van der Waals surface area contributed by atoms with Gasteiger partial charge in [0.1, 0.15) is 11.7 Å². The molecule has 1 saturated heterocycles. The zero-order valence-corrected chi connectivity index (χ0v) is 21.0. The monoisotopic (exact) mass is 501 g/mol. The van der Waals surface area contributed by atoms with E-state index in [0.717, 1.165) is 34.6 Å². The van der Waals surface area contributed by atoms with Gasteiger partial charge in [-0.1, -0.05) is 59.2 Å². The minimum atomic E-state index is -0.716. The number of likely N-dealkylation sites (tertiary alicyclic amines) is 1. The van der Waals surface area contributed by atoms with Crippen molar-refractivity contribution in [1.29, 1.82) is 0 Å². The summed E-state index contributed by atoms with van der Waals surface area (Å²) in [5.74, 6) is -0.274. The van der Waals surface area contributed by atoms with E-state index in [4.69, 9.17) is 21.2 Å². The van der Waals surface area contributed by atoms with E-state index in [2.05, 4.69) is 59.6 Å². The minimum absolute atomic E-state index is 0.247. The number of carboxylic acids is 1. The molecule has 2 N–H and O–H groups in total. The third-order valence-electron chi connectivity index (χ3n) is 6.78. The maximum atomic E-state index is 11.0. The number of hydrogen-bond acceptors (Lipinski definition) is 5. The van der Waals surface area contributed by atoms with E-state index in [1.165, 1.54) is 11.1 Å². The number of hydrogen-bond donors (Lipinski definition) is 2. The van der Waals surface area contributed by atoms with Gasteiger partial charge < -0.3 is 14.9 Å². The number of rotatable bonds is 8. The Labute approximate surface area is 215 Å². The van der Waals surface area contributed by atoms with Crippen molar-refractivity contribution in [2.75, 3.05) is 18.4 Å².